The predicted octanol–water partition coefficient (Wildman–Crippen LogP) is 1.77. The van der Waals surface area contributed by atoms with Gasteiger partial charge in [-0.25, -0.2) is 0 Å². The number of aromatic nitrogens is 2. The van der Waals surface area contributed by atoms with Crippen molar-refractivity contribution in [2.24, 2.45) is 0 Å². The minimum Gasteiger partial charge on any atom is -0.472 e. The van der Waals surface area contributed by atoms with Crippen molar-refractivity contribution in [1.82, 2.24) is 14.7 Å². The highest BCUT2D eigenvalue weighted by atomic mass is 16.5. The van der Waals surface area contributed by atoms with Gasteiger partial charge in [-0.2, -0.15) is 0 Å². The first-order valence-electron chi connectivity index (χ1n) is 7.50. The van der Waals surface area contributed by atoms with Gasteiger partial charge in [-0.1, -0.05) is 18.7 Å². The lowest BCUT2D eigenvalue weighted by atomic mass is 10.3. The average molecular weight is 305 g/mol. The second-order valence-corrected chi connectivity index (χ2v) is 5.01. The largest absolute Gasteiger partial charge is 0.472 e. The summed E-state index contributed by atoms with van der Waals surface area (Å²) in [7, 11) is 0. The fourth-order valence-electron chi connectivity index (χ4n) is 2.22. The van der Waals surface area contributed by atoms with Gasteiger partial charge in [0.15, 0.2) is 0 Å². The zero-order valence-electron chi connectivity index (χ0n) is 13.2. The number of rotatable bonds is 7. The third-order valence-corrected chi connectivity index (χ3v) is 3.58. The Kier molecular flexibility index (Phi) is 5.77. The van der Waals surface area contributed by atoms with Crippen molar-refractivity contribution in [3.05, 3.63) is 36.1 Å². The normalized spacial score (nSPS) is 14.6. The van der Waals surface area contributed by atoms with Crippen molar-refractivity contribution >= 4 is 5.91 Å². The predicted molar refractivity (Wildman–Crippen MR) is 83.6 cm³/mol. The maximum absolute atomic E-state index is 12.0. The first kappa shape index (κ1) is 16.3. The van der Waals surface area contributed by atoms with E-state index in [1.807, 2.05) is 30.7 Å². The molecule has 0 fully saturated rings. The summed E-state index contributed by atoms with van der Waals surface area (Å²) in [5.41, 5.74) is 1.99. The highest BCUT2D eigenvalue weighted by Gasteiger charge is 2.22. The van der Waals surface area contributed by atoms with Crippen LogP contribution in [0.25, 0.3) is 0 Å². The Bertz CT molecular complexity index is 563. The van der Waals surface area contributed by atoms with Crippen LogP contribution >= 0.6 is 0 Å². The van der Waals surface area contributed by atoms with Gasteiger partial charge < -0.3 is 14.4 Å². The molecule has 0 spiro atoms. The van der Waals surface area contributed by atoms with Gasteiger partial charge in [-0.15, -0.1) is 5.10 Å². The number of hydrogen-bond donors (Lipinski definition) is 0. The van der Waals surface area contributed by atoms with E-state index in [1.165, 1.54) is 0 Å². The van der Waals surface area contributed by atoms with Gasteiger partial charge in [0.05, 0.1) is 18.8 Å². The van der Waals surface area contributed by atoms with Crippen LogP contribution in [0.15, 0.2) is 30.4 Å². The summed E-state index contributed by atoms with van der Waals surface area (Å²) in [5, 5.41) is 4.41. The van der Waals surface area contributed by atoms with Crippen LogP contribution in [0.2, 0.25) is 0 Å². The van der Waals surface area contributed by atoms with E-state index in [1.54, 1.807) is 11.0 Å². The van der Waals surface area contributed by atoms with E-state index in [9.17, 15) is 4.79 Å². The molecule has 120 valence electrons. The van der Waals surface area contributed by atoms with Gasteiger partial charge in [0.25, 0.3) is 0 Å². The molecule has 2 rings (SSSR count). The van der Waals surface area contributed by atoms with Gasteiger partial charge in [0.1, 0.15) is 13.2 Å². The second kappa shape index (κ2) is 7.79. The van der Waals surface area contributed by atoms with Crippen molar-refractivity contribution in [3.8, 4) is 5.88 Å². The van der Waals surface area contributed by atoms with E-state index in [4.69, 9.17) is 9.47 Å². The molecular weight excluding hydrogens is 282 g/mol. The summed E-state index contributed by atoms with van der Waals surface area (Å²) >= 11 is 0. The van der Waals surface area contributed by atoms with Gasteiger partial charge in [-0.05, 0) is 19.4 Å². The summed E-state index contributed by atoms with van der Waals surface area (Å²) in [6.45, 7) is 10.6. The monoisotopic (exact) mass is 305 g/mol. The van der Waals surface area contributed by atoms with Crippen molar-refractivity contribution in [1.29, 1.82) is 0 Å². The van der Waals surface area contributed by atoms with Crippen molar-refractivity contribution in [2.75, 3.05) is 26.4 Å². The molecule has 6 nitrogen and oxygen atoms in total. The zero-order chi connectivity index (χ0) is 15.9. The first-order chi connectivity index (χ1) is 10.7. The number of amides is 1. The average Bonchev–Trinajstić information content (AvgIpc) is 2.95. The molecule has 0 N–H and O–H groups in total. The lowest BCUT2D eigenvalue weighted by molar-refractivity contribution is -0.137. The Hall–Kier alpha value is -2.08. The third kappa shape index (κ3) is 3.98. The van der Waals surface area contributed by atoms with Crippen LogP contribution in [0.1, 0.15) is 19.5 Å². The lowest BCUT2D eigenvalue weighted by Gasteiger charge is -2.27. The minimum atomic E-state index is 0.0135. The summed E-state index contributed by atoms with van der Waals surface area (Å²) in [5.74, 6) is 0.593. The molecule has 0 unspecified atom stereocenters. The van der Waals surface area contributed by atoms with Gasteiger partial charge in [0, 0.05) is 19.2 Å². The quantitative estimate of drug-likeness (QED) is 0.721. The molecule has 0 radical (unpaired) electrons. The molecule has 1 aromatic rings. The van der Waals surface area contributed by atoms with Gasteiger partial charge in [0.2, 0.25) is 11.8 Å². The number of ether oxygens (including phenoxy) is 2. The lowest BCUT2D eigenvalue weighted by Crippen LogP contribution is -2.40. The Morgan fingerprint density at radius 1 is 1.45 bits per heavy atom. The van der Waals surface area contributed by atoms with Gasteiger partial charge in [-0.3, -0.25) is 9.48 Å². The molecule has 0 saturated carbocycles. The highest BCUT2D eigenvalue weighted by Crippen LogP contribution is 2.18. The number of allylic oxidation sites excluding steroid dienone is 1. The standard InChI is InChI=1S/C16H23N3O3/c1-4-13(5-2)11-22-15-9-14-10-18(7-8-19(14)17-15)16(20)12-21-6-3/h4-5,9H,1,6-8,10-12H2,2-3H3/b13-5+. The Morgan fingerprint density at radius 2 is 2.27 bits per heavy atom. The van der Waals surface area contributed by atoms with Crippen LogP contribution in [-0.4, -0.2) is 47.0 Å². The fraction of sp³-hybridized carbons (Fsp3) is 0.500. The molecule has 1 aliphatic heterocycles. The van der Waals surface area contributed by atoms with Crippen LogP contribution in [0.5, 0.6) is 5.88 Å². The molecule has 0 aliphatic carbocycles. The molecule has 6 heteroatoms. The molecule has 1 amide bonds. The molecular formula is C16H23N3O3. The number of hydrogen-bond acceptors (Lipinski definition) is 4. The SMILES string of the molecule is C=C/C(=C\C)COc1cc2n(n1)CCN(C(=O)COCC)C2. The molecule has 0 bridgehead atoms. The van der Waals surface area contributed by atoms with E-state index >= 15 is 0 Å². The molecule has 22 heavy (non-hydrogen) atoms. The van der Waals surface area contributed by atoms with E-state index < -0.39 is 0 Å². The van der Waals surface area contributed by atoms with Crippen molar-refractivity contribution < 1.29 is 14.3 Å². The zero-order valence-corrected chi connectivity index (χ0v) is 13.2. The van der Waals surface area contributed by atoms with Crippen LogP contribution < -0.4 is 4.74 Å². The molecule has 0 saturated heterocycles. The third-order valence-electron chi connectivity index (χ3n) is 3.58. The van der Waals surface area contributed by atoms with E-state index in [2.05, 4.69) is 11.7 Å². The van der Waals surface area contributed by atoms with Crippen LogP contribution in [0, 0.1) is 0 Å². The van der Waals surface area contributed by atoms with E-state index in [0.717, 1.165) is 11.3 Å². The van der Waals surface area contributed by atoms with Crippen LogP contribution in [-0.2, 0) is 22.6 Å². The number of nitrogens with zero attached hydrogens (tertiary/aromatic N) is 3. The molecule has 0 atom stereocenters. The van der Waals surface area contributed by atoms with Gasteiger partial charge >= 0.3 is 0 Å². The summed E-state index contributed by atoms with van der Waals surface area (Å²) < 4.78 is 12.7. The van der Waals surface area contributed by atoms with Crippen molar-refractivity contribution in [3.63, 3.8) is 0 Å². The van der Waals surface area contributed by atoms with E-state index in [0.29, 0.717) is 38.7 Å². The smallest absolute Gasteiger partial charge is 0.248 e. The number of fused-ring (bicyclic) bond motifs is 1. The second-order valence-electron chi connectivity index (χ2n) is 5.01. The molecule has 1 aromatic heterocycles. The Labute approximate surface area is 131 Å². The Morgan fingerprint density at radius 3 is 2.95 bits per heavy atom. The van der Waals surface area contributed by atoms with Crippen LogP contribution in [0.4, 0.5) is 0 Å². The Balaban J connectivity index is 1.95. The minimum absolute atomic E-state index is 0.0135. The fourth-order valence-corrected chi connectivity index (χ4v) is 2.22. The molecule has 0 aromatic carbocycles. The summed E-state index contributed by atoms with van der Waals surface area (Å²) in [6.07, 6.45) is 3.72. The maximum Gasteiger partial charge on any atom is 0.248 e. The topological polar surface area (TPSA) is 56.6 Å². The number of carbonyl (C=O) groups excluding carboxylic acids is 1. The maximum atomic E-state index is 12.0. The highest BCUT2D eigenvalue weighted by molar-refractivity contribution is 5.77. The molecule has 2 heterocycles. The summed E-state index contributed by atoms with van der Waals surface area (Å²) in [6, 6.07) is 1.89. The van der Waals surface area contributed by atoms with Crippen molar-refractivity contribution in [2.45, 2.75) is 26.9 Å². The molecule has 1 aliphatic rings. The first-order valence-corrected chi connectivity index (χ1v) is 7.50. The van der Waals surface area contributed by atoms with E-state index in [-0.39, 0.29) is 12.5 Å². The number of carbonyl (C=O) groups is 1. The van der Waals surface area contributed by atoms with Crippen LogP contribution in [0.3, 0.4) is 0 Å². The summed E-state index contributed by atoms with van der Waals surface area (Å²) in [4.78, 5) is 13.8.